The second-order valence-corrected chi connectivity index (χ2v) is 6.98. The van der Waals surface area contributed by atoms with Gasteiger partial charge < -0.3 is 27.4 Å². The molecule has 3 amide bonds. The van der Waals surface area contributed by atoms with Crippen molar-refractivity contribution < 1.29 is 9.59 Å². The zero-order chi connectivity index (χ0) is 21.7. The van der Waals surface area contributed by atoms with Gasteiger partial charge in [-0.2, -0.15) is 0 Å². The van der Waals surface area contributed by atoms with Gasteiger partial charge in [0.2, 0.25) is 5.65 Å². The molecule has 3 aromatic carbocycles. The smallest absolute Gasteiger partial charge is 0.323 e. The number of hydrogen-bond donors (Lipinski definition) is 6. The molecule has 0 aliphatic carbocycles. The van der Waals surface area contributed by atoms with Crippen molar-refractivity contribution >= 4 is 49.5 Å². The molecule has 0 bridgehead atoms. The third kappa shape index (κ3) is 5.33. The van der Waals surface area contributed by atoms with Gasteiger partial charge in [0.25, 0.3) is 0 Å². The number of benzene rings is 3. The molecule has 8 N–H and O–H groups in total. The van der Waals surface area contributed by atoms with Gasteiger partial charge in [-0.15, -0.1) is 0 Å². The molecular formula is C21H21N6O2P. The Morgan fingerprint density at radius 1 is 0.833 bits per heavy atom. The zero-order valence-electron chi connectivity index (χ0n) is 15.9. The van der Waals surface area contributed by atoms with Crippen LogP contribution in [0.1, 0.15) is 5.56 Å². The van der Waals surface area contributed by atoms with Crippen LogP contribution in [0.25, 0.3) is 11.1 Å². The fraction of sp³-hybridized carbons (Fsp3) is 0. The summed E-state index contributed by atoms with van der Waals surface area (Å²) >= 11 is 0. The van der Waals surface area contributed by atoms with Crippen LogP contribution in [0.4, 0.5) is 32.3 Å². The van der Waals surface area contributed by atoms with Crippen molar-refractivity contribution in [3.8, 4) is 11.1 Å². The van der Waals surface area contributed by atoms with Crippen molar-refractivity contribution in [3.63, 3.8) is 0 Å². The second kappa shape index (κ2) is 9.07. The molecule has 0 spiro atoms. The number of carbonyl (C=O) groups excluding carboxylic acids is 2. The lowest BCUT2D eigenvalue weighted by Crippen LogP contribution is -2.28. The van der Waals surface area contributed by atoms with Crippen LogP contribution in [0.2, 0.25) is 0 Å². The first-order chi connectivity index (χ1) is 14.3. The standard InChI is InChI=1S/C21H21N6O2P/c22-14-7-4-12(5-8-14)13-6-9-18(17(10-13)19(24)27-21(29)30)26-20(28)25-16-3-1-2-15(23)11-16/h1-11H,22-23,30H2,(H2,24,27,29)(H2,25,26,28). The number of carbonyl (C=O) groups is 2. The molecule has 3 aromatic rings. The molecule has 1 atom stereocenters. The van der Waals surface area contributed by atoms with Gasteiger partial charge in [0, 0.05) is 22.6 Å². The zero-order valence-corrected chi connectivity index (χ0v) is 17.1. The number of hydrogen-bond acceptors (Lipinski definition) is 5. The highest BCUT2D eigenvalue weighted by Gasteiger charge is 2.14. The number of urea groups is 1. The molecule has 0 heterocycles. The third-order valence-electron chi connectivity index (χ3n) is 4.17. The molecule has 0 fully saturated rings. The van der Waals surface area contributed by atoms with E-state index < -0.39 is 11.7 Å². The summed E-state index contributed by atoms with van der Waals surface area (Å²) < 4.78 is 0. The molecule has 9 heteroatoms. The molecule has 0 radical (unpaired) electrons. The fourth-order valence-corrected chi connectivity index (χ4v) is 2.95. The van der Waals surface area contributed by atoms with Crippen LogP contribution < -0.4 is 27.4 Å². The quantitative estimate of drug-likeness (QED) is 0.163. The van der Waals surface area contributed by atoms with Gasteiger partial charge in [0.15, 0.2) is 0 Å². The summed E-state index contributed by atoms with van der Waals surface area (Å²) in [6.07, 6.45) is 0. The number of nitrogen functional groups attached to an aromatic ring is 2. The number of nitrogens with one attached hydrogen (secondary N) is 4. The van der Waals surface area contributed by atoms with Crippen molar-refractivity contribution in [1.82, 2.24) is 5.32 Å². The number of amides is 3. The third-order valence-corrected chi connectivity index (χ3v) is 4.32. The highest BCUT2D eigenvalue weighted by atomic mass is 31.0. The highest BCUT2D eigenvalue weighted by Crippen LogP contribution is 2.26. The normalized spacial score (nSPS) is 10.2. The minimum absolute atomic E-state index is 0.147. The Kier molecular flexibility index (Phi) is 6.29. The maximum absolute atomic E-state index is 12.4. The van der Waals surface area contributed by atoms with Crippen LogP contribution in [-0.4, -0.2) is 17.5 Å². The minimum atomic E-state index is -0.507. The monoisotopic (exact) mass is 420 g/mol. The Morgan fingerprint density at radius 2 is 1.53 bits per heavy atom. The van der Waals surface area contributed by atoms with Crippen LogP contribution >= 0.6 is 9.24 Å². The van der Waals surface area contributed by atoms with E-state index in [0.717, 1.165) is 11.1 Å². The first-order valence-electron chi connectivity index (χ1n) is 8.91. The summed E-state index contributed by atoms with van der Waals surface area (Å²) in [4.78, 5) is 23.9. The van der Waals surface area contributed by atoms with Crippen LogP contribution in [0.5, 0.6) is 0 Å². The molecule has 3 rings (SSSR count). The largest absolute Gasteiger partial charge is 0.399 e. The van der Waals surface area contributed by atoms with Crippen molar-refractivity contribution in [2.24, 2.45) is 0 Å². The van der Waals surface area contributed by atoms with E-state index in [1.165, 1.54) is 0 Å². The van der Waals surface area contributed by atoms with E-state index >= 15 is 0 Å². The maximum atomic E-state index is 12.4. The second-order valence-electron chi connectivity index (χ2n) is 6.45. The number of anilines is 4. The SMILES string of the molecule is N=C(NC(=O)P)c1cc(-c2ccc(N)cc2)ccc1NC(=O)Nc1cccc(N)c1. The Labute approximate surface area is 175 Å². The molecule has 152 valence electrons. The Balaban J connectivity index is 1.90. The summed E-state index contributed by atoms with van der Waals surface area (Å²) in [6.45, 7) is 0. The lowest BCUT2D eigenvalue weighted by molar-refractivity contribution is 0.262. The fourth-order valence-electron chi connectivity index (χ4n) is 2.81. The lowest BCUT2D eigenvalue weighted by atomic mass is 10.0. The number of amidine groups is 1. The van der Waals surface area contributed by atoms with Gasteiger partial charge in [-0.1, -0.05) is 24.3 Å². The molecule has 0 saturated heterocycles. The van der Waals surface area contributed by atoms with Crippen LogP contribution in [0, 0.1) is 5.41 Å². The molecule has 0 aliphatic rings. The minimum Gasteiger partial charge on any atom is -0.399 e. The Morgan fingerprint density at radius 3 is 2.20 bits per heavy atom. The highest BCUT2D eigenvalue weighted by molar-refractivity contribution is 7.40. The van der Waals surface area contributed by atoms with Crippen molar-refractivity contribution in [2.45, 2.75) is 0 Å². The predicted octanol–water partition coefficient (Wildman–Crippen LogP) is 4.07. The Bertz CT molecular complexity index is 1110. The summed E-state index contributed by atoms with van der Waals surface area (Å²) in [5, 5.41) is 16.0. The lowest BCUT2D eigenvalue weighted by Gasteiger charge is -2.15. The first kappa shape index (κ1) is 20.8. The van der Waals surface area contributed by atoms with Gasteiger partial charge in [0.05, 0.1) is 5.69 Å². The molecule has 0 aromatic heterocycles. The summed E-state index contributed by atoms with van der Waals surface area (Å²) in [5.74, 6) is -0.147. The molecule has 0 saturated carbocycles. The summed E-state index contributed by atoms with van der Waals surface area (Å²) in [6, 6.07) is 18.7. The van der Waals surface area contributed by atoms with E-state index in [1.54, 1.807) is 54.6 Å². The van der Waals surface area contributed by atoms with E-state index in [0.29, 0.717) is 28.3 Å². The topological polar surface area (TPSA) is 146 Å². The Hall–Kier alpha value is -3.90. The van der Waals surface area contributed by atoms with E-state index in [9.17, 15) is 9.59 Å². The van der Waals surface area contributed by atoms with Crippen molar-refractivity contribution in [1.29, 1.82) is 5.41 Å². The molecule has 0 aliphatic heterocycles. The van der Waals surface area contributed by atoms with Crippen molar-refractivity contribution in [2.75, 3.05) is 22.1 Å². The number of rotatable bonds is 4. The van der Waals surface area contributed by atoms with Gasteiger partial charge in [-0.25, -0.2) is 4.79 Å². The summed E-state index contributed by atoms with van der Waals surface area (Å²) in [5.41, 5.74) is 15.1. The van der Waals surface area contributed by atoms with E-state index in [4.69, 9.17) is 16.9 Å². The van der Waals surface area contributed by atoms with Gasteiger partial charge in [-0.05, 0) is 62.8 Å². The van der Waals surface area contributed by atoms with Crippen LogP contribution in [-0.2, 0) is 0 Å². The van der Waals surface area contributed by atoms with E-state index in [-0.39, 0.29) is 5.84 Å². The average Bonchev–Trinajstić information content (AvgIpc) is 2.68. The number of nitrogens with two attached hydrogens (primary N) is 2. The molecule has 30 heavy (non-hydrogen) atoms. The van der Waals surface area contributed by atoms with Gasteiger partial charge >= 0.3 is 6.03 Å². The molecule has 1 unspecified atom stereocenters. The summed E-state index contributed by atoms with van der Waals surface area (Å²) in [7, 11) is 1.96. The van der Waals surface area contributed by atoms with Gasteiger partial charge in [0.1, 0.15) is 5.84 Å². The van der Waals surface area contributed by atoms with Crippen LogP contribution in [0.15, 0.2) is 66.7 Å². The molecular weight excluding hydrogens is 399 g/mol. The maximum Gasteiger partial charge on any atom is 0.323 e. The van der Waals surface area contributed by atoms with E-state index in [2.05, 4.69) is 16.0 Å². The van der Waals surface area contributed by atoms with Gasteiger partial charge in [-0.3, -0.25) is 10.2 Å². The average molecular weight is 420 g/mol. The van der Waals surface area contributed by atoms with Crippen molar-refractivity contribution in [3.05, 3.63) is 72.3 Å². The molecule has 8 nitrogen and oxygen atoms in total. The van der Waals surface area contributed by atoms with E-state index in [1.807, 2.05) is 21.4 Å². The first-order valence-corrected chi connectivity index (χ1v) is 9.48. The predicted molar refractivity (Wildman–Crippen MR) is 125 cm³/mol. The van der Waals surface area contributed by atoms with Crippen LogP contribution in [0.3, 0.4) is 0 Å².